The highest BCUT2D eigenvalue weighted by atomic mass is 79.9. The van der Waals surface area contributed by atoms with Gasteiger partial charge in [-0.2, -0.15) is 0 Å². The monoisotopic (exact) mass is 305 g/mol. The number of fused-ring (bicyclic) bond motifs is 1. The lowest BCUT2D eigenvalue weighted by molar-refractivity contribution is 0.101. The quantitative estimate of drug-likeness (QED) is 0.776. The summed E-state index contributed by atoms with van der Waals surface area (Å²) in [4.78, 5) is 14.4. The van der Waals surface area contributed by atoms with Gasteiger partial charge in [0.1, 0.15) is 0 Å². The van der Waals surface area contributed by atoms with Gasteiger partial charge in [-0.3, -0.25) is 4.79 Å². The Kier molecular flexibility index (Phi) is 2.79. The molecule has 15 heavy (non-hydrogen) atoms. The summed E-state index contributed by atoms with van der Waals surface area (Å²) in [6.07, 6.45) is 0. The van der Waals surface area contributed by atoms with Crippen LogP contribution in [-0.4, -0.2) is 10.8 Å². The summed E-state index contributed by atoms with van der Waals surface area (Å²) in [7, 11) is 0. The van der Waals surface area contributed by atoms with Crippen LogP contribution in [0, 0.1) is 0 Å². The maximum Gasteiger partial charge on any atom is 0.163 e. The van der Waals surface area contributed by atoms with Gasteiger partial charge in [-0.05, 0) is 35.0 Å². The van der Waals surface area contributed by atoms with Crippen LogP contribution in [0.4, 0.5) is 0 Å². The van der Waals surface area contributed by atoms with E-state index in [9.17, 15) is 4.79 Å². The molecule has 0 saturated heterocycles. The summed E-state index contributed by atoms with van der Waals surface area (Å²) >= 11 is 15.1. The summed E-state index contributed by atoms with van der Waals surface area (Å²) in [5.74, 6) is -0.0217. The zero-order valence-corrected chi connectivity index (χ0v) is 10.8. The molecule has 0 unspecified atom stereocenters. The zero-order valence-electron chi connectivity index (χ0n) is 7.70. The number of H-pyrrole nitrogens is 1. The molecular formula is C10H6BrCl2NO. The van der Waals surface area contributed by atoms with E-state index in [4.69, 9.17) is 23.2 Å². The maximum absolute atomic E-state index is 11.4. The van der Waals surface area contributed by atoms with Crippen LogP contribution >= 0.6 is 39.1 Å². The van der Waals surface area contributed by atoms with E-state index >= 15 is 0 Å². The van der Waals surface area contributed by atoms with Gasteiger partial charge in [-0.1, -0.05) is 23.2 Å². The van der Waals surface area contributed by atoms with E-state index in [0.29, 0.717) is 20.2 Å². The van der Waals surface area contributed by atoms with Crippen molar-refractivity contribution < 1.29 is 4.79 Å². The number of ketones is 1. The van der Waals surface area contributed by atoms with Gasteiger partial charge in [-0.15, -0.1) is 0 Å². The van der Waals surface area contributed by atoms with Gasteiger partial charge in [0.25, 0.3) is 0 Å². The maximum atomic E-state index is 11.4. The average molecular weight is 307 g/mol. The Hall–Kier alpha value is -0.510. The van der Waals surface area contributed by atoms with Crippen LogP contribution in [0.3, 0.4) is 0 Å². The molecule has 2 nitrogen and oxygen atoms in total. The van der Waals surface area contributed by atoms with Gasteiger partial charge in [0.15, 0.2) is 5.78 Å². The molecule has 1 N–H and O–H groups in total. The van der Waals surface area contributed by atoms with Crippen LogP contribution in [0.5, 0.6) is 0 Å². The van der Waals surface area contributed by atoms with Crippen LogP contribution in [0.15, 0.2) is 16.7 Å². The SMILES string of the molecule is CC(=O)c1c(Br)[nH]c2cc(Cl)c(Cl)cc12. The van der Waals surface area contributed by atoms with Crippen molar-refractivity contribution in [3.8, 4) is 0 Å². The summed E-state index contributed by atoms with van der Waals surface area (Å²) in [5, 5.41) is 1.69. The van der Waals surface area contributed by atoms with Crippen molar-refractivity contribution in [2.24, 2.45) is 0 Å². The van der Waals surface area contributed by atoms with Crippen LogP contribution in [-0.2, 0) is 0 Å². The second-order valence-corrected chi connectivity index (χ2v) is 4.79. The van der Waals surface area contributed by atoms with E-state index in [1.165, 1.54) is 6.92 Å². The van der Waals surface area contributed by atoms with Crippen molar-refractivity contribution in [3.05, 3.63) is 32.3 Å². The number of Topliss-reactive ketones (excluding diaryl/α,β-unsaturated/α-hetero) is 1. The van der Waals surface area contributed by atoms with Gasteiger partial charge in [0, 0.05) is 10.9 Å². The minimum absolute atomic E-state index is 0.0217. The largest absolute Gasteiger partial charge is 0.349 e. The molecule has 0 fully saturated rings. The topological polar surface area (TPSA) is 32.9 Å². The number of hydrogen-bond acceptors (Lipinski definition) is 1. The highest BCUT2D eigenvalue weighted by Crippen LogP contribution is 2.33. The number of benzene rings is 1. The van der Waals surface area contributed by atoms with Gasteiger partial charge in [0.2, 0.25) is 0 Å². The Morgan fingerprint density at radius 3 is 2.53 bits per heavy atom. The molecular weight excluding hydrogens is 301 g/mol. The molecule has 0 bridgehead atoms. The van der Waals surface area contributed by atoms with Crippen LogP contribution in [0.1, 0.15) is 17.3 Å². The summed E-state index contributed by atoms with van der Waals surface area (Å²) in [6, 6.07) is 3.40. The molecule has 1 heterocycles. The first-order chi connectivity index (χ1) is 7.00. The zero-order chi connectivity index (χ0) is 11.2. The second-order valence-electron chi connectivity index (χ2n) is 3.18. The Balaban J connectivity index is 2.87. The fourth-order valence-corrected chi connectivity index (χ4v) is 2.53. The van der Waals surface area contributed by atoms with Gasteiger partial charge in [0.05, 0.1) is 20.2 Å². The smallest absolute Gasteiger partial charge is 0.163 e. The van der Waals surface area contributed by atoms with E-state index in [-0.39, 0.29) is 5.78 Å². The fourth-order valence-electron chi connectivity index (χ4n) is 1.50. The normalized spacial score (nSPS) is 10.9. The van der Waals surface area contributed by atoms with E-state index in [1.54, 1.807) is 12.1 Å². The Morgan fingerprint density at radius 1 is 1.33 bits per heavy atom. The van der Waals surface area contributed by atoms with Crippen LogP contribution in [0.2, 0.25) is 10.0 Å². The van der Waals surface area contributed by atoms with Gasteiger partial charge >= 0.3 is 0 Å². The molecule has 0 saturated carbocycles. The molecule has 2 aromatic rings. The number of rotatable bonds is 1. The van der Waals surface area contributed by atoms with Crippen molar-refractivity contribution in [2.75, 3.05) is 0 Å². The molecule has 0 spiro atoms. The highest BCUT2D eigenvalue weighted by Gasteiger charge is 2.14. The molecule has 0 aliphatic carbocycles. The summed E-state index contributed by atoms with van der Waals surface area (Å²) < 4.78 is 0.656. The first-order valence-corrected chi connectivity index (χ1v) is 5.72. The number of carbonyl (C=O) groups excluding carboxylic acids is 1. The fraction of sp³-hybridized carbons (Fsp3) is 0.100. The number of hydrogen-bond donors (Lipinski definition) is 1. The minimum Gasteiger partial charge on any atom is -0.349 e. The summed E-state index contributed by atoms with van der Waals surface area (Å²) in [6.45, 7) is 1.51. The predicted octanol–water partition coefficient (Wildman–Crippen LogP) is 4.44. The van der Waals surface area contributed by atoms with Crippen LogP contribution in [0.25, 0.3) is 10.9 Å². The third-order valence-electron chi connectivity index (χ3n) is 2.15. The lowest BCUT2D eigenvalue weighted by atomic mass is 10.1. The molecule has 1 aromatic carbocycles. The third kappa shape index (κ3) is 1.80. The summed E-state index contributed by atoms with van der Waals surface area (Å²) in [5.41, 5.74) is 1.39. The Bertz CT molecular complexity index is 562. The van der Waals surface area contributed by atoms with E-state index in [1.807, 2.05) is 0 Å². The van der Waals surface area contributed by atoms with Crippen molar-refractivity contribution in [2.45, 2.75) is 6.92 Å². The number of aromatic amines is 1. The number of nitrogens with one attached hydrogen (secondary N) is 1. The standard InChI is InChI=1S/C10H6BrCl2NO/c1-4(15)9-5-2-6(12)7(13)3-8(5)14-10(9)11/h2-3,14H,1H3. The third-order valence-corrected chi connectivity index (χ3v) is 3.46. The first kappa shape index (κ1) is 11.0. The molecule has 0 amide bonds. The Morgan fingerprint density at radius 2 is 1.93 bits per heavy atom. The molecule has 2 rings (SSSR count). The van der Waals surface area contributed by atoms with Crippen molar-refractivity contribution in [1.82, 2.24) is 4.98 Å². The first-order valence-electron chi connectivity index (χ1n) is 4.18. The lowest BCUT2D eigenvalue weighted by Gasteiger charge is -1.97. The van der Waals surface area contributed by atoms with E-state index in [2.05, 4.69) is 20.9 Å². The van der Waals surface area contributed by atoms with E-state index in [0.717, 1.165) is 10.9 Å². The number of halogens is 3. The number of aromatic nitrogens is 1. The van der Waals surface area contributed by atoms with Crippen molar-refractivity contribution in [3.63, 3.8) is 0 Å². The van der Waals surface area contributed by atoms with Gasteiger partial charge in [-0.25, -0.2) is 0 Å². The molecule has 0 atom stereocenters. The Labute approximate surface area is 105 Å². The highest BCUT2D eigenvalue weighted by molar-refractivity contribution is 9.10. The van der Waals surface area contributed by atoms with Crippen LogP contribution < -0.4 is 0 Å². The molecule has 1 aromatic heterocycles. The molecule has 5 heteroatoms. The second kappa shape index (κ2) is 3.81. The average Bonchev–Trinajstić information content (AvgIpc) is 2.41. The molecule has 78 valence electrons. The van der Waals surface area contributed by atoms with Gasteiger partial charge < -0.3 is 4.98 Å². The van der Waals surface area contributed by atoms with Crippen molar-refractivity contribution in [1.29, 1.82) is 0 Å². The molecule has 0 aliphatic heterocycles. The number of carbonyl (C=O) groups is 1. The van der Waals surface area contributed by atoms with E-state index < -0.39 is 0 Å². The minimum atomic E-state index is -0.0217. The lowest BCUT2D eigenvalue weighted by Crippen LogP contribution is -1.90. The van der Waals surface area contributed by atoms with Crippen molar-refractivity contribution >= 4 is 55.8 Å². The molecule has 0 aliphatic rings. The molecule has 0 radical (unpaired) electrons. The predicted molar refractivity (Wildman–Crippen MR) is 66.0 cm³/mol.